The zero-order chi connectivity index (χ0) is 22.3. The maximum atomic E-state index is 11.0. The molecule has 28 heavy (non-hydrogen) atoms. The highest BCUT2D eigenvalue weighted by molar-refractivity contribution is 5.77. The first-order valence-corrected chi connectivity index (χ1v) is 7.57. The summed E-state index contributed by atoms with van der Waals surface area (Å²) in [5.74, 6) is -6.95. The molecule has 0 aromatic rings. The number of halogens is 3. The minimum atomic E-state index is -5.08. The van der Waals surface area contributed by atoms with Gasteiger partial charge in [0.1, 0.15) is 24.4 Å². The van der Waals surface area contributed by atoms with E-state index in [1.807, 2.05) is 0 Å². The Hall–Kier alpha value is -2.04. The van der Waals surface area contributed by atoms with Crippen molar-refractivity contribution in [3.63, 3.8) is 0 Å². The van der Waals surface area contributed by atoms with Gasteiger partial charge in [0.2, 0.25) is 11.7 Å². The molecule has 1 rings (SSSR count). The van der Waals surface area contributed by atoms with Gasteiger partial charge < -0.3 is 41.1 Å². The molecule has 1 amide bonds. The predicted molar refractivity (Wildman–Crippen MR) is 80.5 cm³/mol. The van der Waals surface area contributed by atoms with Crippen LogP contribution >= 0.6 is 0 Å². The molecule has 12 nitrogen and oxygen atoms in total. The van der Waals surface area contributed by atoms with Gasteiger partial charge in [-0.05, 0) is 6.42 Å². The molecule has 1 aliphatic heterocycles. The van der Waals surface area contributed by atoms with Gasteiger partial charge in [0.25, 0.3) is 0 Å². The number of alkyl halides is 3. The van der Waals surface area contributed by atoms with Crippen molar-refractivity contribution in [1.29, 1.82) is 0 Å². The van der Waals surface area contributed by atoms with Gasteiger partial charge in [-0.25, -0.2) is 4.79 Å². The Morgan fingerprint density at radius 1 is 1.21 bits per heavy atom. The number of hydrogen-bond acceptors (Lipinski definition) is 9. The first kappa shape index (κ1) is 26.0. The number of aliphatic hydroxyl groups is 4. The van der Waals surface area contributed by atoms with Crippen molar-refractivity contribution < 1.29 is 62.9 Å². The summed E-state index contributed by atoms with van der Waals surface area (Å²) >= 11 is 0. The SMILES string of the molecule is NC(=O)CC[C@H](NCC1(O)OC[C@@H](O)[C@@H](O)[C@@H]1O)C(=O)O.O=C(O)C(F)(F)F. The van der Waals surface area contributed by atoms with Crippen LogP contribution in [-0.4, -0.2) is 98.0 Å². The lowest BCUT2D eigenvalue weighted by molar-refractivity contribution is -0.318. The fraction of sp³-hybridized carbons (Fsp3) is 0.769. The van der Waals surface area contributed by atoms with E-state index < -0.39 is 67.3 Å². The molecule has 1 aliphatic rings. The summed E-state index contributed by atoms with van der Waals surface area (Å²) in [6.07, 6.45) is -10.2. The van der Waals surface area contributed by atoms with E-state index in [0.717, 1.165) is 0 Å². The van der Waals surface area contributed by atoms with Crippen molar-refractivity contribution in [2.45, 2.75) is 49.2 Å². The summed E-state index contributed by atoms with van der Waals surface area (Å²) in [6, 6.07) is -1.19. The molecule has 0 bridgehead atoms. The Kier molecular flexibility index (Phi) is 9.73. The fourth-order valence-corrected chi connectivity index (χ4v) is 1.92. The first-order chi connectivity index (χ1) is 12.6. The van der Waals surface area contributed by atoms with Crippen LogP contribution in [0.25, 0.3) is 0 Å². The lowest BCUT2D eigenvalue weighted by Gasteiger charge is -2.42. The van der Waals surface area contributed by atoms with Crippen LogP contribution in [0.15, 0.2) is 0 Å². The molecule has 15 heteroatoms. The number of carboxylic acids is 2. The van der Waals surface area contributed by atoms with Crippen molar-refractivity contribution >= 4 is 17.8 Å². The Labute approximate surface area is 155 Å². The molecule has 1 saturated heterocycles. The number of primary amides is 1. The number of rotatable bonds is 7. The number of carbonyl (C=O) groups excluding carboxylic acids is 1. The second-order valence-corrected chi connectivity index (χ2v) is 5.74. The summed E-state index contributed by atoms with van der Waals surface area (Å²) in [6.45, 7) is -0.941. The minimum absolute atomic E-state index is 0.109. The highest BCUT2D eigenvalue weighted by atomic mass is 19.4. The van der Waals surface area contributed by atoms with Crippen LogP contribution < -0.4 is 11.1 Å². The van der Waals surface area contributed by atoms with Gasteiger partial charge in [-0.1, -0.05) is 0 Å². The number of aliphatic carboxylic acids is 2. The van der Waals surface area contributed by atoms with E-state index in [0.29, 0.717) is 0 Å². The van der Waals surface area contributed by atoms with Crippen LogP contribution in [0.2, 0.25) is 0 Å². The molecule has 1 unspecified atom stereocenters. The minimum Gasteiger partial charge on any atom is -0.480 e. The molecule has 1 heterocycles. The highest BCUT2D eigenvalue weighted by Crippen LogP contribution is 2.23. The largest absolute Gasteiger partial charge is 0.490 e. The number of amides is 1. The normalized spacial score (nSPS) is 28.6. The summed E-state index contributed by atoms with van der Waals surface area (Å²) in [5, 5.41) is 57.0. The highest BCUT2D eigenvalue weighted by Gasteiger charge is 2.48. The van der Waals surface area contributed by atoms with Crippen molar-refractivity contribution in [2.75, 3.05) is 13.2 Å². The molecule has 0 aromatic carbocycles. The average molecular weight is 422 g/mol. The zero-order valence-electron chi connectivity index (χ0n) is 14.2. The molecule has 0 aromatic heterocycles. The van der Waals surface area contributed by atoms with Gasteiger partial charge in [0.15, 0.2) is 0 Å². The first-order valence-electron chi connectivity index (χ1n) is 7.57. The predicted octanol–water partition coefficient (Wildman–Crippen LogP) is -3.27. The van der Waals surface area contributed by atoms with E-state index in [-0.39, 0.29) is 12.8 Å². The van der Waals surface area contributed by atoms with Crippen molar-refractivity contribution in [3.05, 3.63) is 0 Å². The third kappa shape index (κ3) is 8.32. The molecule has 5 atom stereocenters. The summed E-state index contributed by atoms with van der Waals surface area (Å²) in [7, 11) is 0. The van der Waals surface area contributed by atoms with E-state index in [4.69, 9.17) is 25.5 Å². The number of carbonyl (C=O) groups is 3. The maximum Gasteiger partial charge on any atom is 0.490 e. The maximum absolute atomic E-state index is 11.0. The molecular formula is C13H21F3N2O10. The van der Waals surface area contributed by atoms with Crippen LogP contribution in [0.3, 0.4) is 0 Å². The fourth-order valence-electron chi connectivity index (χ4n) is 1.92. The lowest BCUT2D eigenvalue weighted by Crippen LogP contribution is -2.65. The van der Waals surface area contributed by atoms with Crippen molar-refractivity contribution in [1.82, 2.24) is 5.32 Å². The van der Waals surface area contributed by atoms with E-state index in [1.54, 1.807) is 0 Å². The zero-order valence-corrected chi connectivity index (χ0v) is 14.2. The molecule has 0 aliphatic carbocycles. The average Bonchev–Trinajstić information content (AvgIpc) is 2.56. The number of nitrogens with one attached hydrogen (secondary N) is 1. The number of carboxylic acid groups (broad SMARTS) is 2. The summed E-state index contributed by atoms with van der Waals surface area (Å²) in [4.78, 5) is 30.5. The third-order valence-corrected chi connectivity index (χ3v) is 3.51. The van der Waals surface area contributed by atoms with Crippen LogP contribution in [0.4, 0.5) is 13.2 Å². The van der Waals surface area contributed by atoms with E-state index >= 15 is 0 Å². The molecule has 1 fully saturated rings. The van der Waals surface area contributed by atoms with E-state index in [2.05, 4.69) is 5.32 Å². The van der Waals surface area contributed by atoms with Gasteiger partial charge >= 0.3 is 18.1 Å². The topological polar surface area (TPSA) is 220 Å². The van der Waals surface area contributed by atoms with E-state index in [1.165, 1.54) is 0 Å². The quantitative estimate of drug-likeness (QED) is 0.203. The summed E-state index contributed by atoms with van der Waals surface area (Å²) in [5.41, 5.74) is 4.93. The Bertz CT molecular complexity index is 561. The second-order valence-electron chi connectivity index (χ2n) is 5.74. The van der Waals surface area contributed by atoms with Gasteiger partial charge in [-0.15, -0.1) is 0 Å². The van der Waals surface area contributed by atoms with E-state index in [9.17, 15) is 43.2 Å². The van der Waals surface area contributed by atoms with Gasteiger partial charge in [0, 0.05) is 6.42 Å². The van der Waals surface area contributed by atoms with Crippen LogP contribution in [-0.2, 0) is 19.1 Å². The second kappa shape index (κ2) is 10.5. The molecule has 0 radical (unpaired) electrons. The molecular weight excluding hydrogens is 401 g/mol. The van der Waals surface area contributed by atoms with Crippen LogP contribution in [0.5, 0.6) is 0 Å². The number of aliphatic hydroxyl groups excluding tert-OH is 3. The molecule has 9 N–H and O–H groups in total. The standard InChI is InChI=1S/C11H20N2O8.C2HF3O2/c12-7(15)2-1-5(10(18)19)13-4-11(20)9(17)8(16)6(14)3-21-11;3-2(4,5)1(6)7/h5-6,8-9,13-14,16-17,20H,1-4H2,(H2,12,15)(H,18,19);(H,6,7)/t5-,6+,8+,9-,11?;/m0./s1. The van der Waals surface area contributed by atoms with Crippen LogP contribution in [0, 0.1) is 0 Å². The smallest absolute Gasteiger partial charge is 0.480 e. The third-order valence-electron chi connectivity index (χ3n) is 3.51. The molecule has 0 saturated carbocycles. The van der Waals surface area contributed by atoms with Gasteiger partial charge in [-0.2, -0.15) is 13.2 Å². The molecule has 164 valence electrons. The Morgan fingerprint density at radius 2 is 1.71 bits per heavy atom. The van der Waals surface area contributed by atoms with Crippen molar-refractivity contribution in [2.24, 2.45) is 5.73 Å². The Balaban J connectivity index is 0.000000887. The Morgan fingerprint density at radius 3 is 2.11 bits per heavy atom. The number of nitrogens with two attached hydrogens (primary N) is 1. The van der Waals surface area contributed by atoms with Crippen LogP contribution in [0.1, 0.15) is 12.8 Å². The lowest BCUT2D eigenvalue weighted by atomic mass is 9.96. The summed E-state index contributed by atoms with van der Waals surface area (Å²) < 4.78 is 36.6. The molecule has 0 spiro atoms. The van der Waals surface area contributed by atoms with Gasteiger partial charge in [-0.3, -0.25) is 14.9 Å². The number of hydrogen-bond donors (Lipinski definition) is 8. The number of ether oxygens (including phenoxy) is 1. The van der Waals surface area contributed by atoms with Crippen molar-refractivity contribution in [3.8, 4) is 0 Å². The monoisotopic (exact) mass is 422 g/mol. The van der Waals surface area contributed by atoms with Gasteiger partial charge in [0.05, 0.1) is 13.2 Å².